The molecule has 19 heavy (non-hydrogen) atoms. The highest BCUT2D eigenvalue weighted by Gasteiger charge is 2.20. The van der Waals surface area contributed by atoms with Gasteiger partial charge in [0, 0.05) is 26.7 Å². The molecule has 0 aromatic heterocycles. The van der Waals surface area contributed by atoms with E-state index in [-0.39, 0.29) is 4.90 Å². The number of rotatable bonds is 7. The molecule has 5 nitrogen and oxygen atoms in total. The van der Waals surface area contributed by atoms with Crippen LogP contribution in [0, 0.1) is 6.92 Å². The van der Waals surface area contributed by atoms with E-state index in [0.717, 1.165) is 11.1 Å². The molecule has 0 amide bonds. The lowest BCUT2D eigenvalue weighted by Crippen LogP contribution is -2.30. The van der Waals surface area contributed by atoms with E-state index in [0.29, 0.717) is 26.3 Å². The molecule has 0 saturated heterocycles. The molecule has 0 bridgehead atoms. The van der Waals surface area contributed by atoms with Crippen LogP contribution in [0.5, 0.6) is 0 Å². The Labute approximate surface area is 115 Å². The molecule has 1 rings (SSSR count). The van der Waals surface area contributed by atoms with E-state index in [1.807, 2.05) is 13.8 Å². The maximum Gasteiger partial charge on any atom is 0.242 e. The number of nitrogens with two attached hydrogens (primary N) is 1. The minimum atomic E-state index is -3.47. The van der Waals surface area contributed by atoms with Crippen molar-refractivity contribution in [2.75, 3.05) is 26.8 Å². The summed E-state index contributed by atoms with van der Waals surface area (Å²) in [6, 6.07) is 5.04. The van der Waals surface area contributed by atoms with Gasteiger partial charge in [-0.3, -0.25) is 0 Å². The predicted molar refractivity (Wildman–Crippen MR) is 75.4 cm³/mol. The summed E-state index contributed by atoms with van der Waals surface area (Å²) >= 11 is 0. The summed E-state index contributed by atoms with van der Waals surface area (Å²) in [5.41, 5.74) is 7.45. The molecule has 0 radical (unpaired) electrons. The van der Waals surface area contributed by atoms with Gasteiger partial charge in [0.2, 0.25) is 10.0 Å². The first-order chi connectivity index (χ1) is 8.93. The molecule has 0 aliphatic carbocycles. The fourth-order valence-electron chi connectivity index (χ4n) is 1.67. The standard InChI is InChI=1S/C13H22N2O3S/c1-4-18-8-7-15(3)19(16,17)13-6-5-11(2)12(9-13)10-14/h5-6,9H,4,7-8,10,14H2,1-3H3. The third-order valence-electron chi connectivity index (χ3n) is 3.00. The number of nitrogens with zero attached hydrogens (tertiary/aromatic N) is 1. The van der Waals surface area contributed by atoms with E-state index in [9.17, 15) is 8.42 Å². The predicted octanol–water partition coefficient (Wildman–Crippen LogP) is 1.11. The van der Waals surface area contributed by atoms with Crippen LogP contribution in [0.2, 0.25) is 0 Å². The summed E-state index contributed by atoms with van der Waals surface area (Å²) in [7, 11) is -1.92. The minimum absolute atomic E-state index is 0.276. The van der Waals surface area contributed by atoms with Crippen molar-refractivity contribution in [1.29, 1.82) is 0 Å². The molecule has 2 N–H and O–H groups in total. The lowest BCUT2D eigenvalue weighted by Gasteiger charge is -2.18. The van der Waals surface area contributed by atoms with Crippen molar-refractivity contribution >= 4 is 10.0 Å². The molecule has 108 valence electrons. The zero-order chi connectivity index (χ0) is 14.5. The Morgan fingerprint density at radius 2 is 2.05 bits per heavy atom. The number of hydrogen-bond donors (Lipinski definition) is 1. The molecule has 1 aromatic rings. The van der Waals surface area contributed by atoms with Gasteiger partial charge in [-0.1, -0.05) is 6.07 Å². The first kappa shape index (κ1) is 16.1. The largest absolute Gasteiger partial charge is 0.380 e. The van der Waals surface area contributed by atoms with Crippen LogP contribution in [-0.2, 0) is 21.3 Å². The van der Waals surface area contributed by atoms with Gasteiger partial charge < -0.3 is 10.5 Å². The fourth-order valence-corrected chi connectivity index (χ4v) is 2.87. The van der Waals surface area contributed by atoms with Crippen molar-refractivity contribution in [3.63, 3.8) is 0 Å². The second-order valence-corrected chi connectivity index (χ2v) is 6.36. The van der Waals surface area contributed by atoms with Crippen LogP contribution in [-0.4, -0.2) is 39.5 Å². The van der Waals surface area contributed by atoms with Crippen LogP contribution in [0.3, 0.4) is 0 Å². The molecule has 0 fully saturated rings. The Balaban J connectivity index is 2.93. The zero-order valence-corrected chi connectivity index (χ0v) is 12.5. The monoisotopic (exact) mass is 286 g/mol. The highest BCUT2D eigenvalue weighted by molar-refractivity contribution is 7.89. The third kappa shape index (κ3) is 4.01. The van der Waals surface area contributed by atoms with Crippen LogP contribution in [0.4, 0.5) is 0 Å². The van der Waals surface area contributed by atoms with Crippen molar-refractivity contribution in [1.82, 2.24) is 4.31 Å². The number of aryl methyl sites for hydroxylation is 1. The lowest BCUT2D eigenvalue weighted by atomic mass is 10.1. The molecule has 0 saturated carbocycles. The van der Waals surface area contributed by atoms with Crippen LogP contribution >= 0.6 is 0 Å². The second kappa shape index (κ2) is 7.00. The average molecular weight is 286 g/mol. The summed E-state index contributed by atoms with van der Waals surface area (Å²) < 4.78 is 31.1. The van der Waals surface area contributed by atoms with Gasteiger partial charge >= 0.3 is 0 Å². The molecule has 0 aliphatic rings. The maximum absolute atomic E-state index is 12.3. The van der Waals surface area contributed by atoms with Gasteiger partial charge in [-0.25, -0.2) is 8.42 Å². The van der Waals surface area contributed by atoms with Gasteiger partial charge in [-0.2, -0.15) is 4.31 Å². The van der Waals surface area contributed by atoms with Gasteiger partial charge in [0.15, 0.2) is 0 Å². The summed E-state index contributed by atoms with van der Waals surface area (Å²) in [5.74, 6) is 0. The first-order valence-electron chi connectivity index (χ1n) is 6.27. The van der Waals surface area contributed by atoms with E-state index >= 15 is 0 Å². The molecule has 6 heteroatoms. The van der Waals surface area contributed by atoms with E-state index in [2.05, 4.69) is 0 Å². The van der Waals surface area contributed by atoms with Gasteiger partial charge in [-0.15, -0.1) is 0 Å². The molecule has 0 heterocycles. The second-order valence-electron chi connectivity index (χ2n) is 4.32. The smallest absolute Gasteiger partial charge is 0.242 e. The van der Waals surface area contributed by atoms with E-state index < -0.39 is 10.0 Å². The van der Waals surface area contributed by atoms with Gasteiger partial charge in [-0.05, 0) is 37.1 Å². The zero-order valence-electron chi connectivity index (χ0n) is 11.7. The Kier molecular flexibility index (Phi) is 5.93. The van der Waals surface area contributed by atoms with E-state index in [1.165, 1.54) is 4.31 Å². The molecule has 0 aliphatic heterocycles. The molecule has 0 unspecified atom stereocenters. The Bertz CT molecular complexity index is 515. The first-order valence-corrected chi connectivity index (χ1v) is 7.71. The molecular formula is C13H22N2O3S. The molecular weight excluding hydrogens is 264 g/mol. The fraction of sp³-hybridized carbons (Fsp3) is 0.538. The van der Waals surface area contributed by atoms with Crippen molar-refractivity contribution < 1.29 is 13.2 Å². The number of benzene rings is 1. The minimum Gasteiger partial charge on any atom is -0.380 e. The van der Waals surface area contributed by atoms with Crippen molar-refractivity contribution in [3.05, 3.63) is 29.3 Å². The number of sulfonamides is 1. The van der Waals surface area contributed by atoms with E-state index in [1.54, 1.807) is 25.2 Å². The van der Waals surface area contributed by atoms with Gasteiger partial charge in [0.05, 0.1) is 11.5 Å². The van der Waals surface area contributed by atoms with Crippen molar-refractivity contribution in [3.8, 4) is 0 Å². The summed E-state index contributed by atoms with van der Waals surface area (Å²) in [6.45, 7) is 5.43. The van der Waals surface area contributed by atoms with Gasteiger partial charge in [0.1, 0.15) is 0 Å². The number of hydrogen-bond acceptors (Lipinski definition) is 4. The number of likely N-dealkylation sites (N-methyl/N-ethyl adjacent to an activating group) is 1. The summed E-state index contributed by atoms with van der Waals surface area (Å²) in [4.78, 5) is 0.276. The molecule has 0 atom stereocenters. The highest BCUT2D eigenvalue weighted by atomic mass is 32.2. The maximum atomic E-state index is 12.3. The highest BCUT2D eigenvalue weighted by Crippen LogP contribution is 2.18. The lowest BCUT2D eigenvalue weighted by molar-refractivity contribution is 0.138. The average Bonchev–Trinajstić information content (AvgIpc) is 2.39. The van der Waals surface area contributed by atoms with E-state index in [4.69, 9.17) is 10.5 Å². The van der Waals surface area contributed by atoms with Crippen LogP contribution < -0.4 is 5.73 Å². The third-order valence-corrected chi connectivity index (χ3v) is 4.86. The topological polar surface area (TPSA) is 72.6 Å². The Hall–Kier alpha value is -0.950. The molecule has 0 spiro atoms. The quantitative estimate of drug-likeness (QED) is 0.762. The van der Waals surface area contributed by atoms with Crippen molar-refractivity contribution in [2.45, 2.75) is 25.3 Å². The Morgan fingerprint density at radius 3 is 2.63 bits per heavy atom. The van der Waals surface area contributed by atoms with Crippen molar-refractivity contribution in [2.24, 2.45) is 5.73 Å². The van der Waals surface area contributed by atoms with Crippen LogP contribution in [0.25, 0.3) is 0 Å². The normalized spacial score (nSPS) is 12.1. The number of ether oxygens (including phenoxy) is 1. The van der Waals surface area contributed by atoms with Crippen LogP contribution in [0.1, 0.15) is 18.1 Å². The van der Waals surface area contributed by atoms with Gasteiger partial charge in [0.25, 0.3) is 0 Å². The molecule has 1 aromatic carbocycles. The Morgan fingerprint density at radius 1 is 1.37 bits per heavy atom. The summed E-state index contributed by atoms with van der Waals surface area (Å²) in [6.07, 6.45) is 0. The van der Waals surface area contributed by atoms with Crippen LogP contribution in [0.15, 0.2) is 23.1 Å². The summed E-state index contributed by atoms with van der Waals surface area (Å²) in [5, 5.41) is 0. The SMILES string of the molecule is CCOCCN(C)S(=O)(=O)c1ccc(C)c(CN)c1.